The maximum atomic E-state index is 12.2. The van der Waals surface area contributed by atoms with E-state index < -0.39 is 0 Å². The summed E-state index contributed by atoms with van der Waals surface area (Å²) >= 11 is 5.91. The van der Waals surface area contributed by atoms with Crippen LogP contribution in [0.5, 0.6) is 5.88 Å². The van der Waals surface area contributed by atoms with Crippen LogP contribution in [0.3, 0.4) is 0 Å². The van der Waals surface area contributed by atoms with E-state index in [1.807, 2.05) is 30.3 Å². The van der Waals surface area contributed by atoms with Gasteiger partial charge in [-0.3, -0.25) is 9.36 Å². The van der Waals surface area contributed by atoms with E-state index in [9.17, 15) is 4.79 Å². The SMILES string of the molecule is C=CCCOc1nc(Cl)cn(-c2ccccc2)c1=O. The Balaban J connectivity index is 2.40. The fraction of sp³-hybridized carbons (Fsp3) is 0.143. The molecule has 2 aromatic rings. The Morgan fingerprint density at radius 2 is 2.11 bits per heavy atom. The van der Waals surface area contributed by atoms with Crippen molar-refractivity contribution < 1.29 is 4.74 Å². The number of hydrogen-bond donors (Lipinski definition) is 0. The lowest BCUT2D eigenvalue weighted by atomic mass is 10.3. The van der Waals surface area contributed by atoms with E-state index in [4.69, 9.17) is 16.3 Å². The van der Waals surface area contributed by atoms with Gasteiger partial charge in [0.05, 0.1) is 12.8 Å². The predicted octanol–water partition coefficient (Wildman–Crippen LogP) is 2.84. The fourth-order valence-corrected chi connectivity index (χ4v) is 1.73. The maximum absolute atomic E-state index is 12.2. The molecule has 0 bridgehead atoms. The smallest absolute Gasteiger partial charge is 0.317 e. The second-order valence-corrected chi connectivity index (χ2v) is 4.19. The second-order valence-electron chi connectivity index (χ2n) is 3.81. The van der Waals surface area contributed by atoms with E-state index in [-0.39, 0.29) is 16.6 Å². The van der Waals surface area contributed by atoms with Crippen LogP contribution in [0.25, 0.3) is 5.69 Å². The number of rotatable bonds is 5. The van der Waals surface area contributed by atoms with Gasteiger partial charge in [0.25, 0.3) is 5.88 Å². The normalized spacial score (nSPS) is 10.2. The van der Waals surface area contributed by atoms with E-state index in [0.29, 0.717) is 18.7 Å². The van der Waals surface area contributed by atoms with Crippen LogP contribution in [0.15, 0.2) is 54.0 Å². The van der Waals surface area contributed by atoms with Crippen LogP contribution in [-0.4, -0.2) is 16.2 Å². The molecule has 0 atom stereocenters. The van der Waals surface area contributed by atoms with Crippen LogP contribution in [0, 0.1) is 0 Å². The predicted molar refractivity (Wildman–Crippen MR) is 75.2 cm³/mol. The first-order chi connectivity index (χ1) is 9.22. The molecule has 0 saturated carbocycles. The summed E-state index contributed by atoms with van der Waals surface area (Å²) in [7, 11) is 0. The van der Waals surface area contributed by atoms with Crippen molar-refractivity contribution in [1.29, 1.82) is 0 Å². The molecular weight excluding hydrogens is 264 g/mol. The molecule has 19 heavy (non-hydrogen) atoms. The van der Waals surface area contributed by atoms with Crippen LogP contribution in [0.4, 0.5) is 0 Å². The summed E-state index contributed by atoms with van der Waals surface area (Å²) in [6.45, 7) is 3.94. The van der Waals surface area contributed by atoms with E-state index in [1.54, 1.807) is 6.08 Å². The minimum Gasteiger partial charge on any atom is -0.473 e. The summed E-state index contributed by atoms with van der Waals surface area (Å²) in [4.78, 5) is 16.1. The lowest BCUT2D eigenvalue weighted by molar-refractivity contribution is 0.306. The van der Waals surface area contributed by atoms with Gasteiger partial charge in [-0.05, 0) is 18.6 Å². The molecule has 0 saturated heterocycles. The average Bonchev–Trinajstić information content (AvgIpc) is 2.43. The van der Waals surface area contributed by atoms with E-state index in [0.717, 1.165) is 0 Å². The second kappa shape index (κ2) is 6.20. The van der Waals surface area contributed by atoms with Gasteiger partial charge in [-0.2, -0.15) is 4.98 Å². The first kappa shape index (κ1) is 13.4. The van der Waals surface area contributed by atoms with Crippen molar-refractivity contribution >= 4 is 11.6 Å². The molecule has 0 fully saturated rings. The van der Waals surface area contributed by atoms with Crippen molar-refractivity contribution in [3.05, 3.63) is 64.7 Å². The molecule has 0 aliphatic heterocycles. The lowest BCUT2D eigenvalue weighted by Gasteiger charge is -2.09. The quantitative estimate of drug-likeness (QED) is 0.623. The molecule has 0 spiro atoms. The third-order valence-electron chi connectivity index (χ3n) is 2.44. The lowest BCUT2D eigenvalue weighted by Crippen LogP contribution is -2.22. The highest BCUT2D eigenvalue weighted by molar-refractivity contribution is 6.29. The van der Waals surface area contributed by atoms with Crippen molar-refractivity contribution in [2.75, 3.05) is 6.61 Å². The highest BCUT2D eigenvalue weighted by Gasteiger charge is 2.10. The zero-order valence-corrected chi connectivity index (χ0v) is 11.0. The summed E-state index contributed by atoms with van der Waals surface area (Å²) in [5, 5.41) is 0.206. The van der Waals surface area contributed by atoms with Crippen molar-refractivity contribution in [3.63, 3.8) is 0 Å². The van der Waals surface area contributed by atoms with Crippen molar-refractivity contribution in [3.8, 4) is 11.6 Å². The molecule has 0 aliphatic carbocycles. The van der Waals surface area contributed by atoms with E-state index in [1.165, 1.54) is 10.8 Å². The standard InChI is InChI=1S/C14H13ClN2O2/c1-2-3-9-19-13-14(18)17(10-12(15)16-13)11-7-5-4-6-8-11/h2,4-8,10H,1,3,9H2. The van der Waals surface area contributed by atoms with Crippen molar-refractivity contribution in [2.24, 2.45) is 0 Å². The summed E-state index contributed by atoms with van der Waals surface area (Å²) in [5.41, 5.74) is 0.380. The Morgan fingerprint density at radius 3 is 2.79 bits per heavy atom. The van der Waals surface area contributed by atoms with Crippen LogP contribution in [0.2, 0.25) is 5.15 Å². The van der Waals surface area contributed by atoms with Crippen LogP contribution in [0.1, 0.15) is 6.42 Å². The first-order valence-corrected chi connectivity index (χ1v) is 6.18. The minimum absolute atomic E-state index is 0.00166. The van der Waals surface area contributed by atoms with Gasteiger partial charge < -0.3 is 4.74 Å². The largest absolute Gasteiger partial charge is 0.473 e. The Hall–Kier alpha value is -2.07. The summed E-state index contributed by atoms with van der Waals surface area (Å²) in [6, 6.07) is 9.18. The molecule has 4 nitrogen and oxygen atoms in total. The zero-order chi connectivity index (χ0) is 13.7. The Morgan fingerprint density at radius 1 is 1.37 bits per heavy atom. The molecule has 5 heteroatoms. The summed E-state index contributed by atoms with van der Waals surface area (Å²) < 4.78 is 6.74. The number of ether oxygens (including phenoxy) is 1. The molecule has 0 N–H and O–H groups in total. The number of benzene rings is 1. The minimum atomic E-state index is -0.334. The Kier molecular flexibility index (Phi) is 4.36. The third kappa shape index (κ3) is 3.23. The highest BCUT2D eigenvalue weighted by Crippen LogP contribution is 2.12. The van der Waals surface area contributed by atoms with E-state index in [2.05, 4.69) is 11.6 Å². The first-order valence-electron chi connectivity index (χ1n) is 5.80. The van der Waals surface area contributed by atoms with E-state index >= 15 is 0 Å². The Labute approximate surface area is 115 Å². The number of para-hydroxylation sites is 1. The van der Waals surface area contributed by atoms with Gasteiger partial charge in [-0.15, -0.1) is 6.58 Å². The number of nitrogens with zero attached hydrogens (tertiary/aromatic N) is 2. The van der Waals surface area contributed by atoms with Crippen LogP contribution >= 0.6 is 11.6 Å². The topological polar surface area (TPSA) is 44.1 Å². The van der Waals surface area contributed by atoms with Gasteiger partial charge in [0, 0.05) is 5.69 Å². The van der Waals surface area contributed by atoms with Gasteiger partial charge in [0.1, 0.15) is 5.15 Å². The molecule has 0 aliphatic rings. The molecule has 2 rings (SSSR count). The highest BCUT2D eigenvalue weighted by atomic mass is 35.5. The monoisotopic (exact) mass is 276 g/mol. The summed E-state index contributed by atoms with van der Waals surface area (Å²) in [5.74, 6) is -0.00166. The molecule has 0 unspecified atom stereocenters. The fourth-order valence-electron chi connectivity index (χ4n) is 1.56. The van der Waals surface area contributed by atoms with Crippen molar-refractivity contribution in [1.82, 2.24) is 9.55 Å². The number of aromatic nitrogens is 2. The molecule has 1 heterocycles. The van der Waals surface area contributed by atoms with Gasteiger partial charge in [0.2, 0.25) is 0 Å². The zero-order valence-electron chi connectivity index (χ0n) is 10.3. The molecule has 1 aromatic heterocycles. The molecule has 0 radical (unpaired) electrons. The average molecular weight is 277 g/mol. The Bertz CT molecular complexity index is 623. The molecule has 98 valence electrons. The molecule has 0 amide bonds. The van der Waals surface area contributed by atoms with Gasteiger partial charge in [-0.1, -0.05) is 35.9 Å². The van der Waals surface area contributed by atoms with Crippen LogP contribution < -0.4 is 10.3 Å². The van der Waals surface area contributed by atoms with Gasteiger partial charge in [-0.25, -0.2) is 0 Å². The molecule has 1 aromatic carbocycles. The van der Waals surface area contributed by atoms with Gasteiger partial charge in [0.15, 0.2) is 0 Å². The summed E-state index contributed by atoms with van der Waals surface area (Å²) in [6.07, 6.45) is 3.82. The van der Waals surface area contributed by atoms with Gasteiger partial charge >= 0.3 is 5.56 Å². The maximum Gasteiger partial charge on any atom is 0.317 e. The van der Waals surface area contributed by atoms with Crippen molar-refractivity contribution in [2.45, 2.75) is 6.42 Å². The number of halogens is 1. The van der Waals surface area contributed by atoms with Crippen LogP contribution in [-0.2, 0) is 0 Å². The number of hydrogen-bond acceptors (Lipinski definition) is 3. The molecular formula is C14H13ClN2O2. The third-order valence-corrected chi connectivity index (χ3v) is 2.62.